The molecule has 0 spiro atoms. The molecule has 0 saturated carbocycles. The minimum atomic E-state index is -0.158. The van der Waals surface area contributed by atoms with Gasteiger partial charge < -0.3 is 14.6 Å². The Balaban J connectivity index is 1.48. The zero-order valence-electron chi connectivity index (χ0n) is 19.6. The zero-order valence-corrected chi connectivity index (χ0v) is 20.4. The number of nitrogens with zero attached hydrogens (tertiary/aromatic N) is 3. The van der Waals surface area contributed by atoms with Gasteiger partial charge in [-0.3, -0.25) is 9.59 Å². The van der Waals surface area contributed by atoms with Gasteiger partial charge in [0.25, 0.3) is 0 Å². The van der Waals surface area contributed by atoms with Crippen molar-refractivity contribution < 1.29 is 14.3 Å². The lowest BCUT2D eigenvalue weighted by Gasteiger charge is -2.11. The van der Waals surface area contributed by atoms with Gasteiger partial charge in [-0.1, -0.05) is 42.1 Å². The summed E-state index contributed by atoms with van der Waals surface area (Å²) in [5, 5.41) is 12.4. The molecule has 4 rings (SSSR count). The number of ether oxygens (including phenoxy) is 1. The quantitative estimate of drug-likeness (QED) is 0.247. The maximum atomic E-state index is 12.6. The monoisotopic (exact) mass is 486 g/mol. The lowest BCUT2D eigenvalue weighted by atomic mass is 10.1. The molecule has 0 unspecified atom stereocenters. The number of carbonyl (C=O) groups is 2. The number of hydrogen-bond acceptors (Lipinski definition) is 6. The van der Waals surface area contributed by atoms with Gasteiger partial charge in [0, 0.05) is 23.4 Å². The number of aromatic nitrogens is 3. The van der Waals surface area contributed by atoms with E-state index in [-0.39, 0.29) is 17.4 Å². The van der Waals surface area contributed by atoms with Crippen LogP contribution in [0.2, 0.25) is 0 Å². The van der Waals surface area contributed by atoms with Crippen LogP contribution in [-0.4, -0.2) is 39.3 Å². The van der Waals surface area contributed by atoms with Gasteiger partial charge in [-0.05, 0) is 67.4 Å². The van der Waals surface area contributed by atoms with Crippen molar-refractivity contribution in [3.05, 3.63) is 90.0 Å². The molecule has 0 aliphatic rings. The summed E-state index contributed by atoms with van der Waals surface area (Å²) >= 11 is 1.34. The van der Waals surface area contributed by atoms with Gasteiger partial charge in [-0.15, -0.1) is 10.2 Å². The van der Waals surface area contributed by atoms with Crippen LogP contribution < -0.4 is 10.1 Å². The second-order valence-corrected chi connectivity index (χ2v) is 8.83. The first-order valence-corrected chi connectivity index (χ1v) is 12.2. The molecule has 0 radical (unpaired) electrons. The third-order valence-electron chi connectivity index (χ3n) is 5.44. The van der Waals surface area contributed by atoms with E-state index in [4.69, 9.17) is 4.74 Å². The summed E-state index contributed by atoms with van der Waals surface area (Å²) in [4.78, 5) is 24.0. The number of methoxy groups -OCH3 is 1. The number of Topliss-reactive ketones (excluding diaryl/α,β-unsaturated/α-hetero) is 1. The van der Waals surface area contributed by atoms with Crippen molar-refractivity contribution in [1.82, 2.24) is 14.8 Å². The largest absolute Gasteiger partial charge is 0.497 e. The molecule has 3 aromatic carbocycles. The Labute approximate surface area is 208 Å². The van der Waals surface area contributed by atoms with Gasteiger partial charge in [0.2, 0.25) is 5.91 Å². The smallest absolute Gasteiger partial charge is 0.234 e. The van der Waals surface area contributed by atoms with Crippen LogP contribution in [0.5, 0.6) is 5.75 Å². The van der Waals surface area contributed by atoms with Crippen molar-refractivity contribution in [3.8, 4) is 17.1 Å². The number of aryl methyl sites for hydroxylation is 1. The molecule has 8 heteroatoms. The van der Waals surface area contributed by atoms with Crippen LogP contribution in [0.25, 0.3) is 11.4 Å². The second-order valence-electron chi connectivity index (χ2n) is 7.89. The molecular formula is C27H26N4O3S. The summed E-state index contributed by atoms with van der Waals surface area (Å²) in [6.07, 6.45) is 0.810. The van der Waals surface area contributed by atoms with E-state index in [2.05, 4.69) is 32.2 Å². The minimum absolute atomic E-state index is 0.0130. The number of carbonyl (C=O) groups excluding carboxylic acids is 2. The highest BCUT2D eigenvalue weighted by Gasteiger charge is 2.16. The van der Waals surface area contributed by atoms with E-state index in [1.54, 1.807) is 31.4 Å². The first kappa shape index (κ1) is 24.2. The topological polar surface area (TPSA) is 86.1 Å². The van der Waals surface area contributed by atoms with Crippen LogP contribution in [0.1, 0.15) is 22.8 Å². The van der Waals surface area contributed by atoms with Crippen molar-refractivity contribution in [1.29, 1.82) is 0 Å². The lowest BCUT2D eigenvalue weighted by Crippen LogP contribution is -2.15. The highest BCUT2D eigenvalue weighted by Crippen LogP contribution is 2.26. The second kappa shape index (κ2) is 11.5. The van der Waals surface area contributed by atoms with Gasteiger partial charge >= 0.3 is 0 Å². The third-order valence-corrected chi connectivity index (χ3v) is 6.41. The molecule has 0 aliphatic heterocycles. The molecule has 1 aromatic heterocycles. The molecule has 0 aliphatic carbocycles. The number of rotatable bonds is 10. The van der Waals surface area contributed by atoms with Crippen molar-refractivity contribution >= 4 is 29.1 Å². The van der Waals surface area contributed by atoms with E-state index in [1.165, 1.54) is 24.2 Å². The molecule has 0 saturated heterocycles. The fourth-order valence-electron chi connectivity index (χ4n) is 3.55. The van der Waals surface area contributed by atoms with Crippen LogP contribution in [0, 0.1) is 0 Å². The predicted molar refractivity (Wildman–Crippen MR) is 138 cm³/mol. The fourth-order valence-corrected chi connectivity index (χ4v) is 4.32. The Morgan fingerprint density at radius 3 is 2.31 bits per heavy atom. The number of benzene rings is 3. The molecule has 0 atom stereocenters. The van der Waals surface area contributed by atoms with Crippen molar-refractivity contribution in [2.75, 3.05) is 18.2 Å². The Bertz CT molecular complexity index is 1290. The number of anilines is 1. The summed E-state index contributed by atoms with van der Waals surface area (Å²) in [5.74, 6) is 1.52. The Hall–Kier alpha value is -3.91. The number of nitrogens with one attached hydrogen (secondary N) is 1. The number of ketones is 1. The van der Waals surface area contributed by atoms with E-state index in [0.29, 0.717) is 23.0 Å². The van der Waals surface area contributed by atoms with E-state index in [0.717, 1.165) is 23.6 Å². The van der Waals surface area contributed by atoms with Crippen molar-refractivity contribution in [2.45, 2.75) is 25.0 Å². The summed E-state index contributed by atoms with van der Waals surface area (Å²) in [5.41, 5.74) is 3.39. The standard InChI is InChI=1S/C27H26N4O3S/c1-19(32)21-8-12-23(13-9-21)28-25(33)18-35-27-30-29-26(22-10-14-24(34-2)15-11-22)31(27)17-16-20-6-4-3-5-7-20/h3-15H,16-18H2,1-2H3,(H,28,33). The number of thioether (sulfide) groups is 1. The summed E-state index contributed by atoms with van der Waals surface area (Å²) in [6, 6.07) is 24.8. The normalized spacial score (nSPS) is 10.7. The molecule has 7 nitrogen and oxygen atoms in total. The van der Waals surface area contributed by atoms with Gasteiger partial charge in [0.1, 0.15) is 5.75 Å². The average molecular weight is 487 g/mol. The molecule has 4 aromatic rings. The summed E-state index contributed by atoms with van der Waals surface area (Å²) in [7, 11) is 1.63. The first-order chi connectivity index (χ1) is 17.0. The number of hydrogen-bond donors (Lipinski definition) is 1. The van der Waals surface area contributed by atoms with Crippen molar-refractivity contribution in [2.24, 2.45) is 0 Å². The van der Waals surface area contributed by atoms with Gasteiger partial charge in [-0.2, -0.15) is 0 Å². The van der Waals surface area contributed by atoms with E-state index < -0.39 is 0 Å². The third kappa shape index (κ3) is 6.36. The van der Waals surface area contributed by atoms with Gasteiger partial charge in [-0.25, -0.2) is 0 Å². The Kier molecular flexibility index (Phi) is 7.95. The first-order valence-electron chi connectivity index (χ1n) is 11.2. The molecular weight excluding hydrogens is 460 g/mol. The SMILES string of the molecule is COc1ccc(-c2nnc(SCC(=O)Nc3ccc(C(C)=O)cc3)n2CCc2ccccc2)cc1. The summed E-state index contributed by atoms with van der Waals surface area (Å²) in [6.45, 7) is 2.19. The molecule has 35 heavy (non-hydrogen) atoms. The lowest BCUT2D eigenvalue weighted by molar-refractivity contribution is -0.113. The van der Waals surface area contributed by atoms with E-state index in [9.17, 15) is 9.59 Å². The Morgan fingerprint density at radius 2 is 1.66 bits per heavy atom. The average Bonchev–Trinajstić information content (AvgIpc) is 3.30. The fraction of sp³-hybridized carbons (Fsp3) is 0.185. The molecule has 178 valence electrons. The maximum Gasteiger partial charge on any atom is 0.234 e. The molecule has 0 fully saturated rings. The zero-order chi connectivity index (χ0) is 24.6. The minimum Gasteiger partial charge on any atom is -0.497 e. The predicted octanol–water partition coefficient (Wildman–Crippen LogP) is 5.13. The molecule has 1 amide bonds. The van der Waals surface area contributed by atoms with E-state index in [1.807, 2.05) is 42.5 Å². The highest BCUT2D eigenvalue weighted by molar-refractivity contribution is 7.99. The van der Waals surface area contributed by atoms with Gasteiger partial charge in [0.05, 0.1) is 12.9 Å². The summed E-state index contributed by atoms with van der Waals surface area (Å²) < 4.78 is 7.32. The van der Waals surface area contributed by atoms with Crippen LogP contribution >= 0.6 is 11.8 Å². The van der Waals surface area contributed by atoms with E-state index >= 15 is 0 Å². The highest BCUT2D eigenvalue weighted by atomic mass is 32.2. The molecule has 1 heterocycles. The Morgan fingerprint density at radius 1 is 0.943 bits per heavy atom. The van der Waals surface area contributed by atoms with Crippen LogP contribution in [0.15, 0.2) is 84.0 Å². The van der Waals surface area contributed by atoms with Crippen molar-refractivity contribution in [3.63, 3.8) is 0 Å². The van der Waals surface area contributed by atoms with Crippen LogP contribution in [0.3, 0.4) is 0 Å². The molecule has 0 bridgehead atoms. The molecule has 1 N–H and O–H groups in total. The van der Waals surface area contributed by atoms with Crippen LogP contribution in [-0.2, 0) is 17.8 Å². The van der Waals surface area contributed by atoms with Gasteiger partial charge in [0.15, 0.2) is 16.8 Å². The number of amides is 1. The van der Waals surface area contributed by atoms with Crippen LogP contribution in [0.4, 0.5) is 5.69 Å². The maximum absolute atomic E-state index is 12.6.